The average Bonchev–Trinajstić information content (AvgIpc) is 2.87. The van der Waals surface area contributed by atoms with Crippen LogP contribution >= 0.6 is 12.4 Å². The Labute approximate surface area is 121 Å². The summed E-state index contributed by atoms with van der Waals surface area (Å²) >= 11 is 0. The van der Waals surface area contributed by atoms with E-state index in [1.165, 1.54) is 11.0 Å². The van der Waals surface area contributed by atoms with E-state index in [2.05, 4.69) is 20.4 Å². The molecule has 0 aliphatic carbocycles. The molecule has 2 heterocycles. The Balaban J connectivity index is 0.00000200. The molecule has 0 saturated carbocycles. The maximum Gasteiger partial charge on any atom is 0.223 e. The van der Waals surface area contributed by atoms with E-state index in [0.717, 1.165) is 0 Å². The molecule has 2 aromatic heterocycles. The molecule has 0 radical (unpaired) electrons. The summed E-state index contributed by atoms with van der Waals surface area (Å²) in [4.78, 5) is 5.49. The van der Waals surface area contributed by atoms with Gasteiger partial charge in [-0.05, 0) is 17.3 Å². The van der Waals surface area contributed by atoms with Crippen LogP contribution in [0.5, 0.6) is 5.75 Å². The third kappa shape index (κ3) is 3.97. The number of halogens is 2. The second-order valence-electron chi connectivity index (χ2n) is 3.74. The number of pyridine rings is 1. The van der Waals surface area contributed by atoms with E-state index < -0.39 is 0 Å². The maximum absolute atomic E-state index is 12.3. The molecule has 108 valence electrons. The Kier molecular flexibility index (Phi) is 6.01. The van der Waals surface area contributed by atoms with Crippen LogP contribution in [0.3, 0.4) is 0 Å². The Morgan fingerprint density at radius 2 is 2.30 bits per heavy atom. The number of nitrogens with two attached hydrogens (primary N) is 1. The third-order valence-corrected chi connectivity index (χ3v) is 2.31. The predicted molar refractivity (Wildman–Crippen MR) is 73.0 cm³/mol. The second-order valence-corrected chi connectivity index (χ2v) is 3.74. The third-order valence-electron chi connectivity index (χ3n) is 2.31. The van der Waals surface area contributed by atoms with E-state index in [0.29, 0.717) is 29.2 Å². The van der Waals surface area contributed by atoms with Crippen LogP contribution < -0.4 is 10.5 Å². The van der Waals surface area contributed by atoms with Crippen molar-refractivity contribution in [2.24, 2.45) is 12.8 Å². The van der Waals surface area contributed by atoms with Crippen molar-refractivity contribution in [2.45, 2.75) is 0 Å². The maximum atomic E-state index is 12.3. The summed E-state index contributed by atoms with van der Waals surface area (Å²) in [5.74, 6) is 0.945. The zero-order valence-corrected chi connectivity index (χ0v) is 11.5. The van der Waals surface area contributed by atoms with E-state index in [1.807, 2.05) is 0 Å². The standard InChI is InChI=1S/C11H13FN6O.ClH/c1-18-16-11(15-17-18)10-3-2-9(6-14-10)19-7-8(4-12)5-13;/h2-4,6H,5,7,13H2,1H3;1H. The molecule has 7 nitrogen and oxygen atoms in total. The predicted octanol–water partition coefficient (Wildman–Crippen LogP) is 0.885. The van der Waals surface area contributed by atoms with Crippen LogP contribution in [0.4, 0.5) is 4.39 Å². The Morgan fingerprint density at radius 3 is 2.80 bits per heavy atom. The first-order chi connectivity index (χ1) is 9.22. The van der Waals surface area contributed by atoms with Crippen molar-refractivity contribution in [1.29, 1.82) is 0 Å². The molecule has 0 bridgehead atoms. The highest BCUT2D eigenvalue weighted by Crippen LogP contribution is 2.15. The summed E-state index contributed by atoms with van der Waals surface area (Å²) in [5.41, 5.74) is 6.28. The number of aryl methyl sites for hydroxylation is 1. The topological polar surface area (TPSA) is 91.7 Å². The van der Waals surface area contributed by atoms with Gasteiger partial charge in [-0.2, -0.15) is 4.80 Å². The largest absolute Gasteiger partial charge is 0.487 e. The second kappa shape index (κ2) is 7.51. The lowest BCUT2D eigenvalue weighted by atomic mass is 10.3. The molecule has 0 atom stereocenters. The Morgan fingerprint density at radius 1 is 1.50 bits per heavy atom. The van der Waals surface area contributed by atoms with Gasteiger partial charge in [-0.1, -0.05) is 0 Å². The first-order valence-corrected chi connectivity index (χ1v) is 5.54. The first-order valence-electron chi connectivity index (χ1n) is 5.54. The van der Waals surface area contributed by atoms with Gasteiger partial charge < -0.3 is 10.5 Å². The van der Waals surface area contributed by atoms with Gasteiger partial charge in [0.1, 0.15) is 18.1 Å². The molecule has 20 heavy (non-hydrogen) atoms. The molecule has 0 amide bonds. The van der Waals surface area contributed by atoms with Gasteiger partial charge in [0, 0.05) is 12.1 Å². The summed E-state index contributed by atoms with van der Waals surface area (Å²) < 4.78 is 17.6. The number of tetrazole rings is 1. The zero-order chi connectivity index (χ0) is 13.7. The lowest BCUT2D eigenvalue weighted by Gasteiger charge is -2.06. The molecule has 9 heteroatoms. The molecule has 2 rings (SSSR count). The number of aromatic nitrogens is 5. The van der Waals surface area contributed by atoms with Gasteiger partial charge in [-0.15, -0.1) is 22.6 Å². The summed E-state index contributed by atoms with van der Waals surface area (Å²) in [6.45, 7) is 0.211. The van der Waals surface area contributed by atoms with Crippen LogP contribution in [0.2, 0.25) is 0 Å². The van der Waals surface area contributed by atoms with Crippen molar-refractivity contribution < 1.29 is 9.13 Å². The number of rotatable bonds is 5. The lowest BCUT2D eigenvalue weighted by molar-refractivity contribution is 0.346. The Hall–Kier alpha value is -2.06. The van der Waals surface area contributed by atoms with Crippen molar-refractivity contribution in [3.8, 4) is 17.3 Å². The number of ether oxygens (including phenoxy) is 1. The number of hydrogen-bond acceptors (Lipinski definition) is 6. The van der Waals surface area contributed by atoms with Crippen LogP contribution in [0.15, 0.2) is 30.2 Å². The molecule has 0 aliphatic heterocycles. The quantitative estimate of drug-likeness (QED) is 0.881. The zero-order valence-electron chi connectivity index (χ0n) is 10.7. The highest BCUT2D eigenvalue weighted by atomic mass is 35.5. The van der Waals surface area contributed by atoms with Crippen LogP contribution in [-0.2, 0) is 7.05 Å². The molecule has 2 aromatic rings. The van der Waals surface area contributed by atoms with Crippen molar-refractivity contribution in [2.75, 3.05) is 13.2 Å². The monoisotopic (exact) mass is 300 g/mol. The normalized spacial score (nSPS) is 11.1. The number of hydrogen-bond donors (Lipinski definition) is 1. The summed E-state index contributed by atoms with van der Waals surface area (Å²) in [5, 5.41) is 11.6. The van der Waals surface area contributed by atoms with Gasteiger partial charge in [0.2, 0.25) is 5.82 Å². The van der Waals surface area contributed by atoms with E-state index in [9.17, 15) is 4.39 Å². The van der Waals surface area contributed by atoms with Gasteiger partial charge in [0.15, 0.2) is 0 Å². The molecule has 0 unspecified atom stereocenters. The minimum Gasteiger partial charge on any atom is -0.487 e. The molecule has 0 aromatic carbocycles. The smallest absolute Gasteiger partial charge is 0.223 e. The van der Waals surface area contributed by atoms with E-state index in [4.69, 9.17) is 10.5 Å². The summed E-state index contributed by atoms with van der Waals surface area (Å²) in [6, 6.07) is 3.40. The van der Waals surface area contributed by atoms with Gasteiger partial charge in [0.05, 0.1) is 19.6 Å². The molecular formula is C11H14ClFN6O. The van der Waals surface area contributed by atoms with Crippen LogP contribution in [0.1, 0.15) is 0 Å². The fourth-order valence-electron chi connectivity index (χ4n) is 1.30. The minimum atomic E-state index is 0. The van der Waals surface area contributed by atoms with Crippen LogP contribution in [-0.4, -0.2) is 38.3 Å². The molecule has 2 N–H and O–H groups in total. The average molecular weight is 301 g/mol. The fraction of sp³-hybridized carbons (Fsp3) is 0.273. The van der Waals surface area contributed by atoms with E-state index in [-0.39, 0.29) is 25.6 Å². The lowest BCUT2D eigenvalue weighted by Crippen LogP contribution is -2.10. The molecular weight excluding hydrogens is 287 g/mol. The summed E-state index contributed by atoms with van der Waals surface area (Å²) in [6.07, 6.45) is 1.96. The highest BCUT2D eigenvalue weighted by molar-refractivity contribution is 5.85. The highest BCUT2D eigenvalue weighted by Gasteiger charge is 2.06. The number of nitrogens with zero attached hydrogens (tertiary/aromatic N) is 5. The van der Waals surface area contributed by atoms with E-state index in [1.54, 1.807) is 19.2 Å². The van der Waals surface area contributed by atoms with Gasteiger partial charge in [0.25, 0.3) is 0 Å². The van der Waals surface area contributed by atoms with Gasteiger partial charge >= 0.3 is 0 Å². The van der Waals surface area contributed by atoms with Crippen molar-refractivity contribution in [3.63, 3.8) is 0 Å². The van der Waals surface area contributed by atoms with Crippen LogP contribution in [0, 0.1) is 0 Å². The van der Waals surface area contributed by atoms with Gasteiger partial charge in [-0.3, -0.25) is 0 Å². The van der Waals surface area contributed by atoms with Gasteiger partial charge in [-0.25, -0.2) is 9.37 Å². The summed E-state index contributed by atoms with van der Waals surface area (Å²) in [7, 11) is 1.67. The fourth-order valence-corrected chi connectivity index (χ4v) is 1.30. The molecule has 0 saturated heterocycles. The van der Waals surface area contributed by atoms with Crippen molar-refractivity contribution in [3.05, 3.63) is 30.2 Å². The SMILES string of the molecule is Cl.Cn1nnc(-c2ccc(OCC(=CF)CN)cn2)n1. The molecule has 0 spiro atoms. The Bertz CT molecular complexity index is 571. The molecule has 0 fully saturated rings. The van der Waals surface area contributed by atoms with Crippen molar-refractivity contribution >= 4 is 12.4 Å². The molecule has 0 aliphatic rings. The van der Waals surface area contributed by atoms with E-state index >= 15 is 0 Å². The minimum absolute atomic E-state index is 0. The van der Waals surface area contributed by atoms with Crippen LogP contribution in [0.25, 0.3) is 11.5 Å². The van der Waals surface area contributed by atoms with Crippen molar-refractivity contribution in [1.82, 2.24) is 25.2 Å². The first kappa shape index (κ1) is 16.0.